The van der Waals surface area contributed by atoms with E-state index >= 15 is 0 Å². The van der Waals surface area contributed by atoms with E-state index in [1.54, 1.807) is 6.08 Å². The van der Waals surface area contributed by atoms with E-state index in [1.807, 2.05) is 0 Å². The number of carboxylic acids is 1. The van der Waals surface area contributed by atoms with Crippen LogP contribution < -0.4 is 5.32 Å². The fourth-order valence-electron chi connectivity index (χ4n) is 3.01. The maximum atomic E-state index is 13.8. The average Bonchev–Trinajstić information content (AvgIpc) is 2.64. The van der Waals surface area contributed by atoms with Gasteiger partial charge >= 0.3 is 5.97 Å². The molecule has 1 heterocycles. The largest absolute Gasteiger partial charge is 0.480 e. The topological polar surface area (TPSA) is 86.7 Å². The van der Waals surface area contributed by atoms with Gasteiger partial charge in [-0.05, 0) is 37.8 Å². The van der Waals surface area contributed by atoms with Crippen LogP contribution in [0.1, 0.15) is 36.0 Å². The van der Waals surface area contributed by atoms with Gasteiger partial charge in [0, 0.05) is 25.1 Å². The normalized spacial score (nSPS) is 15.9. The molecule has 1 aliphatic heterocycles. The Morgan fingerprint density at radius 2 is 1.96 bits per heavy atom. The Morgan fingerprint density at radius 3 is 2.52 bits per heavy atom. The number of allylic oxidation sites excluding steroid dienone is 1. The fourth-order valence-corrected chi connectivity index (χ4v) is 3.01. The molecule has 0 aliphatic carbocycles. The lowest BCUT2D eigenvalue weighted by atomic mass is 9.94. The summed E-state index contributed by atoms with van der Waals surface area (Å²) in [5, 5.41) is 11.7. The molecule has 2 amide bonds. The zero-order valence-electron chi connectivity index (χ0n) is 14.8. The molecule has 8 heteroatoms. The van der Waals surface area contributed by atoms with Crippen LogP contribution in [-0.2, 0) is 9.59 Å². The summed E-state index contributed by atoms with van der Waals surface area (Å²) in [5.41, 5.74) is -0.213. The number of carbonyl (C=O) groups is 3. The number of nitrogens with one attached hydrogen (secondary N) is 1. The van der Waals surface area contributed by atoms with Gasteiger partial charge in [0.2, 0.25) is 5.91 Å². The first-order valence-electron chi connectivity index (χ1n) is 8.72. The predicted octanol–water partition coefficient (Wildman–Crippen LogP) is 2.35. The Bertz CT molecular complexity index is 730. The number of rotatable bonds is 7. The van der Waals surface area contributed by atoms with Crippen molar-refractivity contribution in [2.24, 2.45) is 5.92 Å². The number of piperidine rings is 1. The zero-order valence-corrected chi connectivity index (χ0v) is 14.8. The van der Waals surface area contributed by atoms with E-state index in [2.05, 4.69) is 11.9 Å². The maximum Gasteiger partial charge on any atom is 0.326 e. The molecule has 2 rings (SSSR count). The number of aliphatic carboxylic acids is 1. The standard InChI is InChI=1S/C19H22F2N2O4/c1-2-3-4-16(19(26)27)22-17(24)12-7-9-23(10-8-12)18(25)14-6-5-13(20)11-15(14)21/h2,5-6,11-12,16H,1,3-4,7-10H2,(H,22,24)(H,26,27). The van der Waals surface area contributed by atoms with Crippen molar-refractivity contribution in [1.29, 1.82) is 0 Å². The Hall–Kier alpha value is -2.77. The van der Waals surface area contributed by atoms with E-state index in [-0.39, 0.29) is 31.0 Å². The summed E-state index contributed by atoms with van der Waals surface area (Å²) in [6, 6.07) is 1.79. The highest BCUT2D eigenvalue weighted by molar-refractivity contribution is 5.94. The molecule has 6 nitrogen and oxygen atoms in total. The Balaban J connectivity index is 1.92. The van der Waals surface area contributed by atoms with Crippen molar-refractivity contribution in [1.82, 2.24) is 10.2 Å². The van der Waals surface area contributed by atoms with Crippen LogP contribution in [-0.4, -0.2) is 46.9 Å². The van der Waals surface area contributed by atoms with Gasteiger partial charge in [0.05, 0.1) is 5.56 Å². The van der Waals surface area contributed by atoms with Gasteiger partial charge < -0.3 is 15.3 Å². The number of benzene rings is 1. The van der Waals surface area contributed by atoms with Crippen molar-refractivity contribution in [3.8, 4) is 0 Å². The number of halogens is 2. The lowest BCUT2D eigenvalue weighted by Crippen LogP contribution is -2.47. The second kappa shape index (κ2) is 9.25. The van der Waals surface area contributed by atoms with Gasteiger partial charge in [0.15, 0.2) is 0 Å². The van der Waals surface area contributed by atoms with Crippen molar-refractivity contribution in [2.75, 3.05) is 13.1 Å². The predicted molar refractivity (Wildman–Crippen MR) is 94.0 cm³/mol. The van der Waals surface area contributed by atoms with E-state index < -0.39 is 35.5 Å². The Kier molecular flexibility index (Phi) is 7.04. The van der Waals surface area contributed by atoms with Crippen molar-refractivity contribution < 1.29 is 28.3 Å². The van der Waals surface area contributed by atoms with Gasteiger partial charge in [0.1, 0.15) is 17.7 Å². The molecule has 1 fully saturated rings. The molecule has 1 aromatic rings. The van der Waals surface area contributed by atoms with Crippen molar-refractivity contribution in [2.45, 2.75) is 31.7 Å². The van der Waals surface area contributed by atoms with Gasteiger partial charge in [-0.15, -0.1) is 6.58 Å². The summed E-state index contributed by atoms with van der Waals surface area (Å²) in [6.45, 7) is 4.00. The van der Waals surface area contributed by atoms with Crippen LogP contribution >= 0.6 is 0 Å². The van der Waals surface area contributed by atoms with E-state index in [1.165, 1.54) is 4.90 Å². The van der Waals surface area contributed by atoms with Gasteiger partial charge in [-0.25, -0.2) is 13.6 Å². The number of carboxylic acid groups (broad SMARTS) is 1. The molecule has 1 atom stereocenters. The third-order valence-electron chi connectivity index (χ3n) is 4.59. The molecule has 0 spiro atoms. The number of amides is 2. The van der Waals surface area contributed by atoms with Gasteiger partial charge in [-0.2, -0.15) is 0 Å². The molecule has 146 valence electrons. The number of nitrogens with zero attached hydrogens (tertiary/aromatic N) is 1. The highest BCUT2D eigenvalue weighted by atomic mass is 19.1. The van der Waals surface area contributed by atoms with Crippen LogP contribution in [0.15, 0.2) is 30.9 Å². The lowest BCUT2D eigenvalue weighted by molar-refractivity contribution is -0.142. The Morgan fingerprint density at radius 1 is 1.30 bits per heavy atom. The first-order valence-corrected chi connectivity index (χ1v) is 8.72. The molecule has 0 saturated carbocycles. The minimum absolute atomic E-state index is 0.213. The number of carbonyl (C=O) groups excluding carboxylic acids is 2. The van der Waals surface area contributed by atoms with Gasteiger partial charge in [0.25, 0.3) is 5.91 Å². The van der Waals surface area contributed by atoms with E-state index in [9.17, 15) is 23.2 Å². The third kappa shape index (κ3) is 5.35. The summed E-state index contributed by atoms with van der Waals surface area (Å²) in [6.07, 6.45) is 2.99. The molecule has 27 heavy (non-hydrogen) atoms. The number of hydrogen-bond acceptors (Lipinski definition) is 3. The van der Waals surface area contributed by atoms with Gasteiger partial charge in [-0.1, -0.05) is 6.08 Å². The highest BCUT2D eigenvalue weighted by Crippen LogP contribution is 2.21. The second-order valence-electron chi connectivity index (χ2n) is 6.46. The molecular formula is C19H22F2N2O4. The molecule has 0 bridgehead atoms. The van der Waals surface area contributed by atoms with Crippen LogP contribution in [0.2, 0.25) is 0 Å². The molecule has 1 aromatic carbocycles. The molecule has 1 saturated heterocycles. The quantitative estimate of drug-likeness (QED) is 0.711. The number of likely N-dealkylation sites (tertiary alicyclic amines) is 1. The summed E-state index contributed by atoms with van der Waals surface area (Å²) in [5.74, 6) is -4.13. The van der Waals surface area contributed by atoms with Crippen molar-refractivity contribution in [3.05, 3.63) is 48.1 Å². The molecule has 1 unspecified atom stereocenters. The average molecular weight is 380 g/mol. The van der Waals surface area contributed by atoms with Crippen LogP contribution in [0.25, 0.3) is 0 Å². The van der Waals surface area contributed by atoms with Crippen LogP contribution in [0.5, 0.6) is 0 Å². The van der Waals surface area contributed by atoms with Crippen LogP contribution in [0.4, 0.5) is 8.78 Å². The first kappa shape index (κ1) is 20.5. The zero-order chi connectivity index (χ0) is 20.0. The van der Waals surface area contributed by atoms with E-state index in [0.717, 1.165) is 12.1 Å². The SMILES string of the molecule is C=CCCC(NC(=O)C1CCN(C(=O)c2ccc(F)cc2F)CC1)C(=O)O. The van der Waals surface area contributed by atoms with Crippen molar-refractivity contribution >= 4 is 17.8 Å². The highest BCUT2D eigenvalue weighted by Gasteiger charge is 2.30. The minimum atomic E-state index is -1.11. The van der Waals surface area contributed by atoms with E-state index in [4.69, 9.17) is 5.11 Å². The fraction of sp³-hybridized carbons (Fsp3) is 0.421. The smallest absolute Gasteiger partial charge is 0.326 e. The monoisotopic (exact) mass is 380 g/mol. The molecule has 0 radical (unpaired) electrons. The molecule has 1 aliphatic rings. The minimum Gasteiger partial charge on any atom is -0.480 e. The summed E-state index contributed by atoms with van der Waals surface area (Å²) in [7, 11) is 0. The third-order valence-corrected chi connectivity index (χ3v) is 4.59. The molecular weight excluding hydrogens is 358 g/mol. The summed E-state index contributed by atoms with van der Waals surface area (Å²) >= 11 is 0. The molecule has 2 N–H and O–H groups in total. The lowest BCUT2D eigenvalue weighted by Gasteiger charge is -2.32. The summed E-state index contributed by atoms with van der Waals surface area (Å²) < 4.78 is 26.7. The first-order chi connectivity index (χ1) is 12.8. The maximum absolute atomic E-state index is 13.8. The number of hydrogen-bond donors (Lipinski definition) is 2. The van der Waals surface area contributed by atoms with E-state index in [0.29, 0.717) is 25.3 Å². The van der Waals surface area contributed by atoms with Crippen LogP contribution in [0, 0.1) is 17.6 Å². The molecule has 0 aromatic heterocycles. The second-order valence-corrected chi connectivity index (χ2v) is 6.46. The van der Waals surface area contributed by atoms with Crippen LogP contribution in [0.3, 0.4) is 0 Å². The van der Waals surface area contributed by atoms with Gasteiger partial charge in [-0.3, -0.25) is 9.59 Å². The Labute approximate surface area is 155 Å². The summed E-state index contributed by atoms with van der Waals surface area (Å²) in [4.78, 5) is 37.3. The van der Waals surface area contributed by atoms with Crippen molar-refractivity contribution in [3.63, 3.8) is 0 Å².